The molecule has 0 saturated heterocycles. The summed E-state index contributed by atoms with van der Waals surface area (Å²) in [4.78, 5) is 0. The zero-order chi connectivity index (χ0) is 11.8. The van der Waals surface area contributed by atoms with Gasteiger partial charge >= 0.3 is 0 Å². The minimum atomic E-state index is 0.431. The summed E-state index contributed by atoms with van der Waals surface area (Å²) < 4.78 is 5.43. The molecule has 1 rings (SSSR count). The Hall–Kier alpha value is -0.670. The van der Waals surface area contributed by atoms with Gasteiger partial charge in [-0.3, -0.25) is 0 Å². The summed E-state index contributed by atoms with van der Waals surface area (Å²) in [6, 6.07) is 8.80. The number of hydrogen-bond donors (Lipinski definition) is 1. The van der Waals surface area contributed by atoms with Gasteiger partial charge < -0.3 is 10.1 Å². The van der Waals surface area contributed by atoms with Crippen molar-refractivity contribution in [1.29, 1.82) is 0 Å². The number of rotatable bonds is 7. The quantitative estimate of drug-likeness (QED) is 0.790. The maximum absolute atomic E-state index is 5.43. The number of ether oxygens (including phenoxy) is 1. The molecule has 3 heteroatoms. The van der Waals surface area contributed by atoms with Crippen LogP contribution in [0.3, 0.4) is 0 Å². The van der Waals surface area contributed by atoms with Gasteiger partial charge in [0.25, 0.3) is 0 Å². The Labute approximate surface area is 103 Å². The maximum atomic E-state index is 5.43. The van der Waals surface area contributed by atoms with Gasteiger partial charge in [-0.2, -0.15) is 11.8 Å². The third-order valence-corrected chi connectivity index (χ3v) is 3.41. The number of nitrogens with one attached hydrogen (secondary N) is 1. The summed E-state index contributed by atoms with van der Waals surface area (Å²) in [5.74, 6) is 3.22. The van der Waals surface area contributed by atoms with E-state index in [1.54, 1.807) is 0 Å². The van der Waals surface area contributed by atoms with Gasteiger partial charge in [0.1, 0.15) is 5.75 Å². The Balaban J connectivity index is 2.62. The highest BCUT2D eigenvalue weighted by molar-refractivity contribution is 7.99. The largest absolute Gasteiger partial charge is 0.494 e. The van der Waals surface area contributed by atoms with Crippen molar-refractivity contribution in [2.45, 2.75) is 19.9 Å². The lowest BCUT2D eigenvalue weighted by Crippen LogP contribution is -2.18. The van der Waals surface area contributed by atoms with E-state index < -0.39 is 0 Å². The van der Waals surface area contributed by atoms with Crippen molar-refractivity contribution in [3.8, 4) is 5.75 Å². The standard InChI is InChI=1S/C13H21NOS/c1-4-15-12-8-6-11(7-9-12)13(14-3)10-16-5-2/h6-9,13-14H,4-5,10H2,1-3H3. The zero-order valence-electron chi connectivity index (χ0n) is 10.3. The molecule has 0 heterocycles. The predicted molar refractivity (Wildman–Crippen MR) is 72.4 cm³/mol. The fraction of sp³-hybridized carbons (Fsp3) is 0.538. The molecule has 0 aromatic heterocycles. The Morgan fingerprint density at radius 2 is 1.94 bits per heavy atom. The summed E-state index contributed by atoms with van der Waals surface area (Å²) in [6.45, 7) is 4.91. The highest BCUT2D eigenvalue weighted by Crippen LogP contribution is 2.20. The molecule has 0 saturated carbocycles. The molecule has 0 fully saturated rings. The molecule has 1 unspecified atom stereocenters. The average molecular weight is 239 g/mol. The van der Waals surface area contributed by atoms with E-state index in [9.17, 15) is 0 Å². The van der Waals surface area contributed by atoms with Gasteiger partial charge in [-0.15, -0.1) is 0 Å². The van der Waals surface area contributed by atoms with E-state index in [0.29, 0.717) is 6.04 Å². The molecular weight excluding hydrogens is 218 g/mol. The van der Waals surface area contributed by atoms with Gasteiger partial charge in [0.2, 0.25) is 0 Å². The molecule has 0 amide bonds. The Bertz CT molecular complexity index is 286. The molecule has 2 nitrogen and oxygen atoms in total. The Morgan fingerprint density at radius 3 is 2.44 bits per heavy atom. The molecule has 0 aliphatic heterocycles. The smallest absolute Gasteiger partial charge is 0.119 e. The molecule has 1 atom stereocenters. The number of benzene rings is 1. The van der Waals surface area contributed by atoms with Crippen molar-refractivity contribution < 1.29 is 4.74 Å². The van der Waals surface area contributed by atoms with Gasteiger partial charge in [0, 0.05) is 11.8 Å². The Kier molecular flexibility index (Phi) is 6.34. The van der Waals surface area contributed by atoms with E-state index in [-0.39, 0.29) is 0 Å². The molecule has 1 N–H and O–H groups in total. The van der Waals surface area contributed by atoms with Crippen LogP contribution >= 0.6 is 11.8 Å². The van der Waals surface area contributed by atoms with Gasteiger partial charge in [-0.25, -0.2) is 0 Å². The lowest BCUT2D eigenvalue weighted by Gasteiger charge is -2.16. The summed E-state index contributed by atoms with van der Waals surface area (Å²) in [5, 5.41) is 3.34. The zero-order valence-corrected chi connectivity index (χ0v) is 11.1. The summed E-state index contributed by atoms with van der Waals surface area (Å²) in [5.41, 5.74) is 1.33. The maximum Gasteiger partial charge on any atom is 0.119 e. The van der Waals surface area contributed by atoms with E-state index in [1.807, 2.05) is 37.9 Å². The molecule has 0 spiro atoms. The third kappa shape index (κ3) is 4.06. The highest BCUT2D eigenvalue weighted by atomic mass is 32.2. The first-order chi connectivity index (χ1) is 7.81. The number of hydrogen-bond acceptors (Lipinski definition) is 3. The minimum Gasteiger partial charge on any atom is -0.494 e. The Morgan fingerprint density at radius 1 is 1.25 bits per heavy atom. The molecule has 0 radical (unpaired) electrons. The second-order valence-electron chi connectivity index (χ2n) is 3.50. The molecule has 90 valence electrons. The normalized spacial score (nSPS) is 12.4. The SMILES string of the molecule is CCOc1ccc(C(CSCC)NC)cc1. The van der Waals surface area contributed by atoms with Crippen molar-refractivity contribution in [3.05, 3.63) is 29.8 Å². The first-order valence-corrected chi connectivity index (χ1v) is 6.95. The summed E-state index contributed by atoms with van der Waals surface area (Å²) in [6.07, 6.45) is 0. The fourth-order valence-electron chi connectivity index (χ4n) is 1.54. The van der Waals surface area contributed by atoms with Crippen LogP contribution in [-0.4, -0.2) is 25.2 Å². The van der Waals surface area contributed by atoms with E-state index in [2.05, 4.69) is 24.4 Å². The van der Waals surface area contributed by atoms with Crippen LogP contribution in [0.5, 0.6) is 5.75 Å². The van der Waals surface area contributed by atoms with Crippen LogP contribution in [0.2, 0.25) is 0 Å². The molecule has 16 heavy (non-hydrogen) atoms. The van der Waals surface area contributed by atoms with Crippen LogP contribution in [-0.2, 0) is 0 Å². The predicted octanol–water partition coefficient (Wildman–Crippen LogP) is 3.10. The van der Waals surface area contributed by atoms with Gasteiger partial charge in [-0.1, -0.05) is 19.1 Å². The topological polar surface area (TPSA) is 21.3 Å². The summed E-state index contributed by atoms with van der Waals surface area (Å²) >= 11 is 1.96. The van der Waals surface area contributed by atoms with Gasteiger partial charge in [-0.05, 0) is 37.4 Å². The lowest BCUT2D eigenvalue weighted by molar-refractivity contribution is 0.340. The summed E-state index contributed by atoms with van der Waals surface area (Å²) in [7, 11) is 2.01. The lowest BCUT2D eigenvalue weighted by atomic mass is 10.1. The number of thioether (sulfide) groups is 1. The van der Waals surface area contributed by atoms with Crippen LogP contribution in [0, 0.1) is 0 Å². The molecule has 1 aromatic carbocycles. The monoisotopic (exact) mass is 239 g/mol. The van der Waals surface area contributed by atoms with E-state index >= 15 is 0 Å². The van der Waals surface area contributed by atoms with Gasteiger partial charge in [0.05, 0.1) is 6.61 Å². The highest BCUT2D eigenvalue weighted by Gasteiger charge is 2.08. The van der Waals surface area contributed by atoms with Crippen LogP contribution in [0.25, 0.3) is 0 Å². The molecular formula is C13H21NOS. The fourth-order valence-corrected chi connectivity index (χ4v) is 2.38. The second kappa shape index (κ2) is 7.58. The van der Waals surface area contributed by atoms with Crippen LogP contribution in [0.4, 0.5) is 0 Å². The molecule has 0 bridgehead atoms. The van der Waals surface area contributed by atoms with Crippen molar-refractivity contribution in [3.63, 3.8) is 0 Å². The van der Waals surface area contributed by atoms with E-state index in [0.717, 1.165) is 23.9 Å². The first kappa shape index (κ1) is 13.4. The third-order valence-electron chi connectivity index (χ3n) is 2.43. The van der Waals surface area contributed by atoms with Crippen molar-refractivity contribution in [1.82, 2.24) is 5.32 Å². The van der Waals surface area contributed by atoms with Crippen molar-refractivity contribution >= 4 is 11.8 Å². The first-order valence-electron chi connectivity index (χ1n) is 5.79. The molecule has 0 aliphatic carbocycles. The van der Waals surface area contributed by atoms with Crippen LogP contribution in [0.1, 0.15) is 25.5 Å². The minimum absolute atomic E-state index is 0.431. The second-order valence-corrected chi connectivity index (χ2v) is 4.82. The van der Waals surface area contributed by atoms with Crippen molar-refractivity contribution in [2.75, 3.05) is 25.2 Å². The molecule has 0 aliphatic rings. The average Bonchev–Trinajstić information content (AvgIpc) is 2.32. The molecule has 1 aromatic rings. The van der Waals surface area contributed by atoms with Crippen LogP contribution in [0.15, 0.2) is 24.3 Å². The van der Waals surface area contributed by atoms with Crippen molar-refractivity contribution in [2.24, 2.45) is 0 Å². The van der Waals surface area contributed by atoms with Crippen LogP contribution < -0.4 is 10.1 Å². The van der Waals surface area contributed by atoms with E-state index in [1.165, 1.54) is 5.56 Å². The van der Waals surface area contributed by atoms with Gasteiger partial charge in [0.15, 0.2) is 0 Å². The van der Waals surface area contributed by atoms with E-state index in [4.69, 9.17) is 4.74 Å².